The van der Waals surface area contributed by atoms with Gasteiger partial charge in [0, 0.05) is 31.9 Å². The zero-order valence-corrected chi connectivity index (χ0v) is 16.9. The van der Waals surface area contributed by atoms with Crippen LogP contribution in [0.4, 0.5) is 5.69 Å². The average Bonchev–Trinajstić information content (AvgIpc) is 3.26. The van der Waals surface area contributed by atoms with Crippen LogP contribution in [0, 0.1) is 0 Å². The Hall–Kier alpha value is -2.12. The molecule has 154 valence electrons. The first-order valence-corrected chi connectivity index (χ1v) is 10.3. The molecule has 7 heteroatoms. The number of aryl methyl sites for hydroxylation is 1. The van der Waals surface area contributed by atoms with Gasteiger partial charge in [-0.3, -0.25) is 4.79 Å². The van der Waals surface area contributed by atoms with E-state index in [0.29, 0.717) is 6.61 Å². The third-order valence-electron chi connectivity index (χ3n) is 5.10. The van der Waals surface area contributed by atoms with Crippen molar-refractivity contribution in [3.8, 4) is 0 Å². The molecule has 2 aliphatic heterocycles. The molecule has 2 heterocycles. The highest BCUT2D eigenvalue weighted by Gasteiger charge is 2.32. The molecule has 1 aromatic rings. The van der Waals surface area contributed by atoms with Gasteiger partial charge < -0.3 is 25.0 Å². The number of hydrogen-bond donors (Lipinski definition) is 2. The van der Waals surface area contributed by atoms with Crippen molar-refractivity contribution in [1.29, 1.82) is 0 Å². The lowest BCUT2D eigenvalue weighted by Gasteiger charge is -2.37. The van der Waals surface area contributed by atoms with Crippen LogP contribution in [0.15, 0.2) is 29.3 Å². The van der Waals surface area contributed by atoms with Gasteiger partial charge in [-0.2, -0.15) is 0 Å². The maximum Gasteiger partial charge on any atom is 0.246 e. The lowest BCUT2D eigenvalue weighted by atomic mass is 10.1. The number of guanidine groups is 1. The predicted octanol–water partition coefficient (Wildman–Crippen LogP) is 2.03. The molecule has 2 fully saturated rings. The number of rotatable bonds is 6. The molecule has 2 saturated heterocycles. The van der Waals surface area contributed by atoms with Crippen molar-refractivity contribution in [2.24, 2.45) is 4.99 Å². The molecule has 0 bridgehead atoms. The summed E-state index contributed by atoms with van der Waals surface area (Å²) >= 11 is 0. The van der Waals surface area contributed by atoms with E-state index in [2.05, 4.69) is 33.5 Å². The molecule has 1 amide bonds. The highest BCUT2D eigenvalue weighted by atomic mass is 16.5. The van der Waals surface area contributed by atoms with Crippen molar-refractivity contribution < 1.29 is 14.3 Å². The van der Waals surface area contributed by atoms with Gasteiger partial charge in [0.05, 0.1) is 12.7 Å². The number of hydrogen-bond acceptors (Lipinski definition) is 4. The number of morpholine rings is 1. The molecule has 7 nitrogen and oxygen atoms in total. The summed E-state index contributed by atoms with van der Waals surface area (Å²) in [5.41, 5.74) is 2.01. The summed E-state index contributed by atoms with van der Waals surface area (Å²) in [5.74, 6) is 0.638. The van der Waals surface area contributed by atoms with Crippen LogP contribution >= 0.6 is 0 Å². The standard InChI is InChI=1S/C21H32N4O3/c1-3-16-7-5-8-17(13-16)24-20(26)14-23-21(22-4-2)25-10-12-28-19(15-25)18-9-6-11-27-18/h5,7-8,13,18-19H,3-4,6,9-12,14-15H2,1-2H3,(H,22,23)(H,24,26). The molecule has 2 unspecified atom stereocenters. The molecule has 2 aliphatic rings. The van der Waals surface area contributed by atoms with Gasteiger partial charge in [0.15, 0.2) is 5.96 Å². The van der Waals surface area contributed by atoms with Crippen LogP contribution in [-0.4, -0.2) is 68.4 Å². The molecular formula is C21H32N4O3. The summed E-state index contributed by atoms with van der Waals surface area (Å²) < 4.78 is 11.7. The summed E-state index contributed by atoms with van der Waals surface area (Å²) in [5, 5.41) is 6.23. The quantitative estimate of drug-likeness (QED) is 0.576. The first kappa shape index (κ1) is 20.6. The third-order valence-corrected chi connectivity index (χ3v) is 5.10. The Labute approximate surface area is 167 Å². The largest absolute Gasteiger partial charge is 0.375 e. The van der Waals surface area contributed by atoms with Crippen LogP contribution in [-0.2, 0) is 20.7 Å². The van der Waals surface area contributed by atoms with Gasteiger partial charge >= 0.3 is 0 Å². The Balaban J connectivity index is 1.58. The highest BCUT2D eigenvalue weighted by molar-refractivity contribution is 5.94. The number of ether oxygens (including phenoxy) is 2. The number of anilines is 1. The number of benzene rings is 1. The van der Waals surface area contributed by atoms with E-state index >= 15 is 0 Å². The van der Waals surface area contributed by atoms with Crippen LogP contribution < -0.4 is 10.6 Å². The van der Waals surface area contributed by atoms with Crippen molar-refractivity contribution in [2.75, 3.05) is 44.7 Å². The zero-order chi connectivity index (χ0) is 19.8. The number of carbonyl (C=O) groups is 1. The number of nitrogens with zero attached hydrogens (tertiary/aromatic N) is 2. The van der Waals surface area contributed by atoms with Gasteiger partial charge in [-0.25, -0.2) is 4.99 Å². The summed E-state index contributed by atoms with van der Waals surface area (Å²) in [6.45, 7) is 7.92. The fourth-order valence-electron chi connectivity index (χ4n) is 3.63. The predicted molar refractivity (Wildman–Crippen MR) is 111 cm³/mol. The number of nitrogens with one attached hydrogen (secondary N) is 2. The van der Waals surface area contributed by atoms with Crippen molar-refractivity contribution in [2.45, 2.75) is 45.3 Å². The molecule has 0 spiro atoms. The minimum atomic E-state index is -0.118. The second-order valence-corrected chi connectivity index (χ2v) is 7.18. The lowest BCUT2D eigenvalue weighted by molar-refractivity contribution is -0.114. The number of amides is 1. The second-order valence-electron chi connectivity index (χ2n) is 7.18. The van der Waals surface area contributed by atoms with Crippen LogP contribution in [0.2, 0.25) is 0 Å². The SMILES string of the molecule is CCNC(=NCC(=O)Nc1cccc(CC)c1)N1CCOC(C2CCCO2)C1. The molecule has 0 radical (unpaired) electrons. The Bertz CT molecular complexity index is 673. The van der Waals surface area contributed by atoms with E-state index in [9.17, 15) is 4.79 Å². The van der Waals surface area contributed by atoms with Crippen molar-refractivity contribution in [3.05, 3.63) is 29.8 Å². The fraction of sp³-hybridized carbons (Fsp3) is 0.619. The molecule has 0 aliphatic carbocycles. The molecule has 2 N–H and O–H groups in total. The molecule has 0 aromatic heterocycles. The topological polar surface area (TPSA) is 75.2 Å². The Morgan fingerprint density at radius 2 is 2.11 bits per heavy atom. The third kappa shape index (κ3) is 5.69. The number of carbonyl (C=O) groups excluding carboxylic acids is 1. The number of aliphatic imine (C=N–C) groups is 1. The molecular weight excluding hydrogens is 356 g/mol. The molecule has 1 aromatic carbocycles. The van der Waals surface area contributed by atoms with Crippen LogP contribution in [0.1, 0.15) is 32.3 Å². The average molecular weight is 389 g/mol. The normalized spacial score (nSPS) is 22.9. The summed E-state index contributed by atoms with van der Waals surface area (Å²) in [6, 6.07) is 7.92. The first-order chi connectivity index (χ1) is 13.7. The summed E-state index contributed by atoms with van der Waals surface area (Å²) in [7, 11) is 0. The summed E-state index contributed by atoms with van der Waals surface area (Å²) in [6.07, 6.45) is 3.31. The van der Waals surface area contributed by atoms with E-state index in [1.165, 1.54) is 5.56 Å². The van der Waals surface area contributed by atoms with Crippen molar-refractivity contribution in [1.82, 2.24) is 10.2 Å². The Kier molecular flexibility index (Phi) is 7.68. The van der Waals surface area contributed by atoms with E-state index in [-0.39, 0.29) is 24.7 Å². The smallest absolute Gasteiger partial charge is 0.246 e. The van der Waals surface area contributed by atoms with E-state index in [1.807, 2.05) is 25.1 Å². The van der Waals surface area contributed by atoms with E-state index in [4.69, 9.17) is 9.47 Å². The fourth-order valence-corrected chi connectivity index (χ4v) is 3.63. The second kappa shape index (κ2) is 10.4. The zero-order valence-electron chi connectivity index (χ0n) is 16.9. The first-order valence-electron chi connectivity index (χ1n) is 10.3. The Morgan fingerprint density at radius 1 is 1.25 bits per heavy atom. The van der Waals surface area contributed by atoms with Gasteiger partial charge in [-0.05, 0) is 43.9 Å². The van der Waals surface area contributed by atoms with Crippen molar-refractivity contribution in [3.63, 3.8) is 0 Å². The van der Waals surface area contributed by atoms with Crippen LogP contribution in [0.3, 0.4) is 0 Å². The maximum absolute atomic E-state index is 12.4. The van der Waals surface area contributed by atoms with E-state index in [0.717, 1.165) is 57.2 Å². The van der Waals surface area contributed by atoms with Gasteiger partial charge in [0.1, 0.15) is 12.6 Å². The minimum absolute atomic E-state index is 0.0608. The summed E-state index contributed by atoms with van der Waals surface area (Å²) in [4.78, 5) is 19.1. The lowest BCUT2D eigenvalue weighted by Crippen LogP contribution is -2.53. The van der Waals surface area contributed by atoms with E-state index in [1.54, 1.807) is 0 Å². The van der Waals surface area contributed by atoms with Crippen LogP contribution in [0.5, 0.6) is 0 Å². The monoisotopic (exact) mass is 388 g/mol. The molecule has 28 heavy (non-hydrogen) atoms. The van der Waals surface area contributed by atoms with Crippen molar-refractivity contribution >= 4 is 17.6 Å². The highest BCUT2D eigenvalue weighted by Crippen LogP contribution is 2.21. The van der Waals surface area contributed by atoms with Gasteiger partial charge in [0.2, 0.25) is 5.91 Å². The Morgan fingerprint density at radius 3 is 2.86 bits per heavy atom. The molecule has 3 rings (SSSR count). The van der Waals surface area contributed by atoms with E-state index < -0.39 is 0 Å². The maximum atomic E-state index is 12.4. The van der Waals surface area contributed by atoms with Gasteiger partial charge in [-0.15, -0.1) is 0 Å². The molecule has 2 atom stereocenters. The minimum Gasteiger partial charge on any atom is -0.375 e. The van der Waals surface area contributed by atoms with Crippen LogP contribution in [0.25, 0.3) is 0 Å². The molecule has 0 saturated carbocycles. The van der Waals surface area contributed by atoms with Gasteiger partial charge in [0.25, 0.3) is 0 Å². The van der Waals surface area contributed by atoms with Gasteiger partial charge in [-0.1, -0.05) is 19.1 Å².